The summed E-state index contributed by atoms with van der Waals surface area (Å²) in [4.78, 5) is 14.6. The van der Waals surface area contributed by atoms with Crippen molar-refractivity contribution in [1.29, 1.82) is 0 Å². The van der Waals surface area contributed by atoms with Gasteiger partial charge >= 0.3 is 5.97 Å². The molecule has 0 fully saturated rings. The van der Waals surface area contributed by atoms with Crippen LogP contribution in [0.5, 0.6) is 5.75 Å². The highest BCUT2D eigenvalue weighted by molar-refractivity contribution is 7.92. The molecule has 1 heterocycles. The number of aromatic nitrogens is 1. The smallest absolute Gasteiger partial charge is 0.354 e. The van der Waals surface area contributed by atoms with Gasteiger partial charge in [-0.25, -0.2) is 13.2 Å². The van der Waals surface area contributed by atoms with E-state index < -0.39 is 16.0 Å². The van der Waals surface area contributed by atoms with Crippen molar-refractivity contribution in [3.8, 4) is 5.75 Å². The first kappa shape index (κ1) is 15.2. The monoisotopic (exact) mass is 312 g/mol. The van der Waals surface area contributed by atoms with Crippen LogP contribution in [0, 0.1) is 0 Å². The topological polar surface area (TPSA) is 97.5 Å². The van der Waals surface area contributed by atoms with Crippen LogP contribution in [-0.2, 0) is 14.8 Å². The zero-order valence-electron chi connectivity index (χ0n) is 11.9. The van der Waals surface area contributed by atoms with Gasteiger partial charge in [0.05, 0.1) is 25.7 Å². The number of aromatic amines is 1. The number of fused-ring (bicyclic) bond motifs is 1. The number of anilines is 1. The molecule has 0 unspecified atom stereocenters. The van der Waals surface area contributed by atoms with Gasteiger partial charge in [-0.1, -0.05) is 0 Å². The lowest BCUT2D eigenvalue weighted by Gasteiger charge is -2.09. The van der Waals surface area contributed by atoms with E-state index in [1.165, 1.54) is 7.11 Å². The van der Waals surface area contributed by atoms with E-state index >= 15 is 0 Å². The Morgan fingerprint density at radius 2 is 2.05 bits per heavy atom. The van der Waals surface area contributed by atoms with Crippen LogP contribution in [0.15, 0.2) is 18.2 Å². The van der Waals surface area contributed by atoms with Gasteiger partial charge in [0.1, 0.15) is 11.4 Å². The number of nitrogens with one attached hydrogen (secondary N) is 2. The van der Waals surface area contributed by atoms with Crippen LogP contribution in [0.2, 0.25) is 0 Å². The maximum absolute atomic E-state index is 11.7. The highest BCUT2D eigenvalue weighted by Crippen LogP contribution is 2.31. The summed E-state index contributed by atoms with van der Waals surface area (Å²) < 4.78 is 35.1. The Kier molecular flexibility index (Phi) is 4.08. The molecule has 2 N–H and O–H groups in total. The number of benzene rings is 1. The number of ether oxygens (including phenoxy) is 2. The van der Waals surface area contributed by atoms with E-state index in [2.05, 4.69) is 9.71 Å². The summed E-state index contributed by atoms with van der Waals surface area (Å²) in [5.74, 6) is -0.115. The summed E-state index contributed by atoms with van der Waals surface area (Å²) in [5.41, 5.74) is 1.25. The number of carbonyl (C=O) groups excluding carboxylic acids is 1. The second-order valence-corrected chi connectivity index (χ2v) is 6.17. The predicted molar refractivity (Wildman–Crippen MR) is 79.3 cm³/mol. The summed E-state index contributed by atoms with van der Waals surface area (Å²) in [6, 6.07) is 4.81. The van der Waals surface area contributed by atoms with Gasteiger partial charge in [0.2, 0.25) is 10.0 Å². The molecule has 2 aromatic rings. The molecule has 0 amide bonds. The Hall–Kier alpha value is -2.22. The maximum Gasteiger partial charge on any atom is 0.354 e. The average molecular weight is 312 g/mol. The summed E-state index contributed by atoms with van der Waals surface area (Å²) in [5, 5.41) is 0.671. The fraction of sp³-hybridized carbons (Fsp3) is 0.308. The Morgan fingerprint density at radius 1 is 1.33 bits per heavy atom. The van der Waals surface area contributed by atoms with Crippen LogP contribution in [0.25, 0.3) is 10.9 Å². The normalized spacial score (nSPS) is 11.4. The lowest BCUT2D eigenvalue weighted by atomic mass is 10.2. The predicted octanol–water partition coefficient (Wildman–Crippen LogP) is 1.72. The first-order valence-corrected chi connectivity index (χ1v) is 8.09. The number of hydrogen-bond acceptors (Lipinski definition) is 5. The average Bonchev–Trinajstić information content (AvgIpc) is 2.79. The van der Waals surface area contributed by atoms with Crippen LogP contribution in [0.3, 0.4) is 0 Å². The number of rotatable bonds is 5. The van der Waals surface area contributed by atoms with Gasteiger partial charge in [0.15, 0.2) is 0 Å². The Labute approximate surface area is 122 Å². The molecule has 0 aliphatic carbocycles. The van der Waals surface area contributed by atoms with Gasteiger partial charge in [-0.05, 0) is 19.1 Å². The third-order valence-corrected chi connectivity index (χ3v) is 3.32. The molecule has 7 nitrogen and oxygen atoms in total. The summed E-state index contributed by atoms with van der Waals surface area (Å²) in [6.45, 7) is 2.00. The van der Waals surface area contributed by atoms with E-state index in [1.807, 2.05) is 0 Å². The third-order valence-electron chi connectivity index (χ3n) is 2.73. The Bertz CT molecular complexity index is 779. The molecule has 0 radical (unpaired) electrons. The summed E-state index contributed by atoms with van der Waals surface area (Å²) >= 11 is 0. The minimum absolute atomic E-state index is 0.276. The number of sulfonamides is 1. The van der Waals surface area contributed by atoms with Gasteiger partial charge in [-0.15, -0.1) is 0 Å². The molecule has 0 aliphatic heterocycles. The molecule has 0 atom stereocenters. The standard InChI is InChI=1S/C13H16N2O5S/c1-4-20-13(16)11-6-8-5-10(15-21(3,17)18)12(19-2)7-9(8)14-11/h5-7,14-15H,4H2,1-3H3. The Balaban J connectivity index is 2.50. The molecule has 0 saturated carbocycles. The van der Waals surface area contributed by atoms with Gasteiger partial charge < -0.3 is 14.5 Å². The number of esters is 1. The quantitative estimate of drug-likeness (QED) is 0.819. The minimum atomic E-state index is -3.43. The molecule has 8 heteroatoms. The van der Waals surface area contributed by atoms with E-state index in [9.17, 15) is 13.2 Å². The maximum atomic E-state index is 11.7. The largest absolute Gasteiger partial charge is 0.494 e. The zero-order valence-corrected chi connectivity index (χ0v) is 12.7. The lowest BCUT2D eigenvalue weighted by molar-refractivity contribution is 0.0520. The van der Waals surface area contributed by atoms with Gasteiger partial charge in [-0.3, -0.25) is 4.72 Å². The Morgan fingerprint density at radius 3 is 2.62 bits per heavy atom. The van der Waals surface area contributed by atoms with E-state index in [0.717, 1.165) is 6.26 Å². The van der Waals surface area contributed by atoms with Gasteiger partial charge in [0, 0.05) is 17.0 Å². The van der Waals surface area contributed by atoms with Crippen molar-refractivity contribution in [2.24, 2.45) is 0 Å². The second-order valence-electron chi connectivity index (χ2n) is 4.42. The molecule has 1 aromatic heterocycles. The molecule has 21 heavy (non-hydrogen) atoms. The van der Waals surface area contributed by atoms with Crippen molar-refractivity contribution in [2.45, 2.75) is 6.92 Å². The zero-order chi connectivity index (χ0) is 15.6. The number of hydrogen-bond donors (Lipinski definition) is 2. The van der Waals surface area contributed by atoms with Crippen molar-refractivity contribution in [3.63, 3.8) is 0 Å². The molecule has 0 saturated heterocycles. The molecular formula is C13H16N2O5S. The number of H-pyrrole nitrogens is 1. The fourth-order valence-corrected chi connectivity index (χ4v) is 2.49. The molecule has 114 valence electrons. The SMILES string of the molecule is CCOC(=O)c1cc2cc(NS(C)(=O)=O)c(OC)cc2[nH]1. The fourth-order valence-electron chi connectivity index (χ4n) is 1.93. The second kappa shape index (κ2) is 5.65. The van der Waals surface area contributed by atoms with Crippen molar-refractivity contribution < 1.29 is 22.7 Å². The van der Waals surface area contributed by atoms with Crippen molar-refractivity contribution in [2.75, 3.05) is 24.7 Å². The third kappa shape index (κ3) is 3.46. The van der Waals surface area contributed by atoms with Crippen LogP contribution >= 0.6 is 0 Å². The highest BCUT2D eigenvalue weighted by Gasteiger charge is 2.14. The molecule has 0 bridgehead atoms. The van der Waals surface area contributed by atoms with Crippen LogP contribution in [0.1, 0.15) is 17.4 Å². The summed E-state index contributed by atoms with van der Waals surface area (Å²) in [6.07, 6.45) is 1.05. The van der Waals surface area contributed by atoms with Crippen LogP contribution < -0.4 is 9.46 Å². The highest BCUT2D eigenvalue weighted by atomic mass is 32.2. The van der Waals surface area contributed by atoms with E-state index in [1.54, 1.807) is 25.1 Å². The van der Waals surface area contributed by atoms with E-state index in [0.29, 0.717) is 28.0 Å². The molecule has 0 aliphatic rings. The van der Waals surface area contributed by atoms with E-state index in [-0.39, 0.29) is 6.61 Å². The number of methoxy groups -OCH3 is 1. The van der Waals surface area contributed by atoms with Gasteiger partial charge in [-0.2, -0.15) is 0 Å². The first-order valence-electron chi connectivity index (χ1n) is 6.19. The van der Waals surface area contributed by atoms with Crippen molar-refractivity contribution >= 4 is 32.6 Å². The van der Waals surface area contributed by atoms with E-state index in [4.69, 9.17) is 9.47 Å². The lowest BCUT2D eigenvalue weighted by Crippen LogP contribution is -2.10. The van der Waals surface area contributed by atoms with Crippen molar-refractivity contribution in [3.05, 3.63) is 23.9 Å². The molecular weight excluding hydrogens is 296 g/mol. The molecule has 0 spiro atoms. The number of carbonyl (C=O) groups is 1. The molecule has 1 aromatic carbocycles. The minimum Gasteiger partial charge on any atom is -0.494 e. The van der Waals surface area contributed by atoms with Crippen LogP contribution in [-0.4, -0.2) is 39.3 Å². The van der Waals surface area contributed by atoms with Crippen LogP contribution in [0.4, 0.5) is 5.69 Å². The summed E-state index contributed by atoms with van der Waals surface area (Å²) in [7, 11) is -1.99. The van der Waals surface area contributed by atoms with Gasteiger partial charge in [0.25, 0.3) is 0 Å². The first-order chi connectivity index (χ1) is 9.84. The van der Waals surface area contributed by atoms with Crippen molar-refractivity contribution in [1.82, 2.24) is 4.98 Å². The molecule has 2 rings (SSSR count).